The highest BCUT2D eigenvalue weighted by atomic mass is 16.5. The Hall–Kier alpha value is -0.900. The van der Waals surface area contributed by atoms with E-state index < -0.39 is 0 Å². The van der Waals surface area contributed by atoms with E-state index in [9.17, 15) is 0 Å². The maximum atomic E-state index is 5.90. The summed E-state index contributed by atoms with van der Waals surface area (Å²) in [5, 5.41) is 4.16. The number of rotatable bonds is 4. The van der Waals surface area contributed by atoms with Crippen molar-refractivity contribution in [3.8, 4) is 0 Å². The molecular weight excluding hydrogens is 214 g/mol. The summed E-state index contributed by atoms with van der Waals surface area (Å²) in [6.07, 6.45) is 7.07. The molecular formula is C13H21N3O. The van der Waals surface area contributed by atoms with Crippen LogP contribution in [-0.2, 0) is 6.42 Å². The maximum absolute atomic E-state index is 5.90. The van der Waals surface area contributed by atoms with E-state index in [1.54, 1.807) is 0 Å². The maximum Gasteiger partial charge on any atom is 0.228 e. The Morgan fingerprint density at radius 1 is 1.41 bits per heavy atom. The van der Waals surface area contributed by atoms with Crippen molar-refractivity contribution in [2.24, 2.45) is 17.6 Å². The predicted octanol–water partition coefficient (Wildman–Crippen LogP) is 2.25. The summed E-state index contributed by atoms with van der Waals surface area (Å²) < 4.78 is 5.32. The Kier molecular flexibility index (Phi) is 2.90. The molecule has 94 valence electrons. The van der Waals surface area contributed by atoms with Crippen molar-refractivity contribution in [2.75, 3.05) is 0 Å². The van der Waals surface area contributed by atoms with Gasteiger partial charge in [0.2, 0.25) is 5.89 Å². The Bertz CT molecular complexity index is 390. The lowest BCUT2D eigenvalue weighted by Crippen LogP contribution is -2.21. The zero-order valence-electron chi connectivity index (χ0n) is 10.4. The number of hydrogen-bond donors (Lipinski definition) is 1. The summed E-state index contributed by atoms with van der Waals surface area (Å²) in [5.41, 5.74) is 5.90. The quantitative estimate of drug-likeness (QED) is 0.869. The highest BCUT2D eigenvalue weighted by Crippen LogP contribution is 2.52. The van der Waals surface area contributed by atoms with Crippen LogP contribution in [0, 0.1) is 11.8 Å². The first kappa shape index (κ1) is 11.2. The number of hydrogen-bond acceptors (Lipinski definition) is 4. The molecule has 0 saturated heterocycles. The summed E-state index contributed by atoms with van der Waals surface area (Å²) in [6.45, 7) is 2.08. The summed E-state index contributed by atoms with van der Waals surface area (Å²) >= 11 is 0. The molecule has 2 aliphatic rings. The second-order valence-electron chi connectivity index (χ2n) is 5.70. The fraction of sp³-hybridized carbons (Fsp3) is 0.846. The molecule has 0 spiro atoms. The molecule has 3 rings (SSSR count). The van der Waals surface area contributed by atoms with Gasteiger partial charge in [0, 0.05) is 18.4 Å². The molecule has 2 N–H and O–H groups in total. The molecule has 2 bridgehead atoms. The monoisotopic (exact) mass is 235 g/mol. The zero-order chi connectivity index (χ0) is 11.8. The third kappa shape index (κ3) is 2.10. The van der Waals surface area contributed by atoms with Crippen molar-refractivity contribution >= 4 is 0 Å². The van der Waals surface area contributed by atoms with Crippen molar-refractivity contribution in [3.05, 3.63) is 11.7 Å². The smallest absolute Gasteiger partial charge is 0.228 e. The minimum absolute atomic E-state index is 0.142. The van der Waals surface area contributed by atoms with E-state index in [2.05, 4.69) is 17.1 Å². The average Bonchev–Trinajstić information content (AvgIpc) is 3.03. The lowest BCUT2D eigenvalue weighted by molar-refractivity contribution is 0.346. The number of nitrogens with zero attached hydrogens (tertiary/aromatic N) is 2. The van der Waals surface area contributed by atoms with E-state index in [1.807, 2.05) is 0 Å². The SMILES string of the molecule is CCC(N)Cc1nc(C2CC3CCC2C3)no1. The molecule has 4 unspecified atom stereocenters. The van der Waals surface area contributed by atoms with Crippen LogP contribution in [0.15, 0.2) is 4.52 Å². The van der Waals surface area contributed by atoms with Crippen LogP contribution in [0.3, 0.4) is 0 Å². The molecule has 0 aliphatic heterocycles. The molecule has 1 aromatic rings. The van der Waals surface area contributed by atoms with E-state index >= 15 is 0 Å². The second kappa shape index (κ2) is 4.41. The van der Waals surface area contributed by atoms with Gasteiger partial charge in [-0.1, -0.05) is 18.5 Å². The van der Waals surface area contributed by atoms with Gasteiger partial charge in [0.05, 0.1) is 0 Å². The molecule has 0 aromatic carbocycles. The molecule has 1 aromatic heterocycles. The van der Waals surface area contributed by atoms with Crippen molar-refractivity contribution in [1.82, 2.24) is 10.1 Å². The minimum Gasteiger partial charge on any atom is -0.339 e. The first-order valence-electron chi connectivity index (χ1n) is 6.84. The predicted molar refractivity (Wildman–Crippen MR) is 64.5 cm³/mol. The Balaban J connectivity index is 1.68. The molecule has 0 amide bonds. The van der Waals surface area contributed by atoms with Crippen LogP contribution in [-0.4, -0.2) is 16.2 Å². The largest absolute Gasteiger partial charge is 0.339 e. The lowest BCUT2D eigenvalue weighted by atomic mass is 9.88. The van der Waals surface area contributed by atoms with Gasteiger partial charge in [0.15, 0.2) is 5.82 Å². The average molecular weight is 235 g/mol. The van der Waals surface area contributed by atoms with Gasteiger partial charge < -0.3 is 10.3 Å². The fourth-order valence-corrected chi connectivity index (χ4v) is 3.43. The number of nitrogens with two attached hydrogens (primary N) is 1. The first-order valence-corrected chi connectivity index (χ1v) is 6.84. The zero-order valence-corrected chi connectivity index (χ0v) is 10.4. The van der Waals surface area contributed by atoms with Gasteiger partial charge in [0.1, 0.15) is 0 Å². The Morgan fingerprint density at radius 2 is 2.29 bits per heavy atom. The number of fused-ring (bicyclic) bond motifs is 2. The fourth-order valence-electron chi connectivity index (χ4n) is 3.43. The van der Waals surface area contributed by atoms with Gasteiger partial charge in [-0.2, -0.15) is 4.98 Å². The van der Waals surface area contributed by atoms with Crippen molar-refractivity contribution < 1.29 is 4.52 Å². The molecule has 4 heteroatoms. The van der Waals surface area contributed by atoms with Crippen molar-refractivity contribution in [2.45, 2.75) is 57.4 Å². The lowest BCUT2D eigenvalue weighted by Gasteiger charge is -2.17. The van der Waals surface area contributed by atoms with Gasteiger partial charge in [-0.3, -0.25) is 0 Å². The highest BCUT2D eigenvalue weighted by molar-refractivity contribution is 5.06. The summed E-state index contributed by atoms with van der Waals surface area (Å²) in [4.78, 5) is 4.54. The van der Waals surface area contributed by atoms with Crippen LogP contribution in [0.1, 0.15) is 56.7 Å². The molecule has 17 heavy (non-hydrogen) atoms. The second-order valence-corrected chi connectivity index (χ2v) is 5.70. The van der Waals surface area contributed by atoms with Gasteiger partial charge in [-0.15, -0.1) is 0 Å². The van der Waals surface area contributed by atoms with E-state index in [1.165, 1.54) is 25.7 Å². The number of aromatic nitrogens is 2. The Labute approximate surface area is 102 Å². The molecule has 4 atom stereocenters. The summed E-state index contributed by atoms with van der Waals surface area (Å²) in [7, 11) is 0. The molecule has 2 saturated carbocycles. The van der Waals surface area contributed by atoms with Crippen LogP contribution >= 0.6 is 0 Å². The molecule has 2 aliphatic carbocycles. The highest BCUT2D eigenvalue weighted by Gasteiger charge is 2.42. The van der Waals surface area contributed by atoms with Gasteiger partial charge in [-0.25, -0.2) is 0 Å². The summed E-state index contributed by atoms with van der Waals surface area (Å²) in [6, 6.07) is 0.142. The van der Waals surface area contributed by atoms with Crippen LogP contribution in [0.25, 0.3) is 0 Å². The van der Waals surface area contributed by atoms with E-state index in [-0.39, 0.29) is 6.04 Å². The third-order valence-electron chi connectivity index (χ3n) is 4.51. The normalized spacial score (nSPS) is 33.2. The molecule has 1 heterocycles. The van der Waals surface area contributed by atoms with Gasteiger partial charge in [0.25, 0.3) is 0 Å². The Morgan fingerprint density at radius 3 is 2.94 bits per heavy atom. The molecule has 0 radical (unpaired) electrons. The molecule has 4 nitrogen and oxygen atoms in total. The summed E-state index contributed by atoms with van der Waals surface area (Å²) in [5.74, 6) is 3.95. The third-order valence-corrected chi connectivity index (χ3v) is 4.51. The van der Waals surface area contributed by atoms with E-state index in [0.29, 0.717) is 12.3 Å². The standard InChI is InChI=1S/C13H21N3O/c1-2-10(14)7-12-15-13(16-17-12)11-6-8-3-4-9(11)5-8/h8-11H,2-7,14H2,1H3. The minimum atomic E-state index is 0.142. The van der Waals surface area contributed by atoms with E-state index in [0.717, 1.165) is 30.0 Å². The topological polar surface area (TPSA) is 64.9 Å². The van der Waals surface area contributed by atoms with E-state index in [4.69, 9.17) is 10.3 Å². The first-order chi connectivity index (χ1) is 8.26. The van der Waals surface area contributed by atoms with Crippen LogP contribution in [0.5, 0.6) is 0 Å². The van der Waals surface area contributed by atoms with Crippen molar-refractivity contribution in [3.63, 3.8) is 0 Å². The van der Waals surface area contributed by atoms with Gasteiger partial charge >= 0.3 is 0 Å². The van der Waals surface area contributed by atoms with Crippen LogP contribution in [0.4, 0.5) is 0 Å². The van der Waals surface area contributed by atoms with Crippen LogP contribution < -0.4 is 5.73 Å². The van der Waals surface area contributed by atoms with Crippen LogP contribution in [0.2, 0.25) is 0 Å². The van der Waals surface area contributed by atoms with Gasteiger partial charge in [-0.05, 0) is 37.5 Å². The molecule has 2 fully saturated rings. The van der Waals surface area contributed by atoms with Crippen molar-refractivity contribution in [1.29, 1.82) is 0 Å².